The van der Waals surface area contributed by atoms with E-state index in [0.29, 0.717) is 6.61 Å². The van der Waals surface area contributed by atoms with E-state index >= 15 is 0 Å². The van der Waals surface area contributed by atoms with Gasteiger partial charge in [-0.05, 0) is 12.8 Å². The Kier molecular flexibility index (Phi) is 21.9. The van der Waals surface area contributed by atoms with Crippen molar-refractivity contribution < 1.29 is 30.9 Å². The van der Waals surface area contributed by atoms with Crippen LogP contribution >= 0.6 is 0 Å². The zero-order chi connectivity index (χ0) is 25.5. The Morgan fingerprint density at radius 2 is 1.09 bits per heavy atom. The molecule has 0 heterocycles. The number of unbranched alkanes of at least 4 members (excludes halogenated alkanes) is 15. The van der Waals surface area contributed by atoms with Gasteiger partial charge in [0.1, 0.15) is 0 Å². The van der Waals surface area contributed by atoms with Crippen LogP contribution in [0.2, 0.25) is 0 Å². The lowest BCUT2D eigenvalue weighted by Crippen LogP contribution is -2.27. The molecule has 0 aliphatic rings. The minimum atomic E-state index is -3.56. The fraction of sp³-hybridized carbons (Fsp3) is 1.00. The fourth-order valence-corrected chi connectivity index (χ4v) is 5.71. The van der Waals surface area contributed by atoms with Crippen LogP contribution in [0.25, 0.3) is 0 Å². The van der Waals surface area contributed by atoms with Crippen molar-refractivity contribution in [2.75, 3.05) is 37.6 Å². The molecule has 0 aromatic carbocycles. The first-order chi connectivity index (χ1) is 16.2. The van der Waals surface area contributed by atoms with Gasteiger partial charge in [0, 0.05) is 6.61 Å². The maximum Gasteiger partial charge on any atom is 0.264 e. The van der Waals surface area contributed by atoms with Crippen molar-refractivity contribution in [2.45, 2.75) is 122 Å². The summed E-state index contributed by atoms with van der Waals surface area (Å²) in [7, 11) is -7.04. The highest BCUT2D eigenvalue weighted by Gasteiger charge is 2.17. The minimum absolute atomic E-state index is 0.00217. The smallest absolute Gasteiger partial charge is 0.264 e. The summed E-state index contributed by atoms with van der Waals surface area (Å²) in [6, 6.07) is 0. The Labute approximate surface area is 210 Å². The van der Waals surface area contributed by atoms with Gasteiger partial charge < -0.3 is 9.84 Å². The van der Waals surface area contributed by atoms with Crippen LogP contribution in [0.3, 0.4) is 0 Å². The molecule has 0 rings (SSSR count). The Hall–Kier alpha value is -0.220. The number of aliphatic hydroxyl groups is 1. The summed E-state index contributed by atoms with van der Waals surface area (Å²) in [5, 5.41) is 9.87. The van der Waals surface area contributed by atoms with Crippen LogP contribution < -0.4 is 0 Å². The van der Waals surface area contributed by atoms with E-state index in [4.69, 9.17) is 4.74 Å². The van der Waals surface area contributed by atoms with Crippen molar-refractivity contribution in [3.8, 4) is 0 Å². The number of hydrogen-bond donors (Lipinski definition) is 1. The molecule has 0 bridgehead atoms. The number of sulfone groups is 1. The Balaban J connectivity index is 3.41. The third-order valence-electron chi connectivity index (χ3n) is 5.80. The molecule has 9 heteroatoms. The van der Waals surface area contributed by atoms with E-state index in [1.807, 2.05) is 0 Å². The van der Waals surface area contributed by atoms with Crippen molar-refractivity contribution in [3.05, 3.63) is 0 Å². The summed E-state index contributed by atoms with van der Waals surface area (Å²) < 4.78 is 55.5. The van der Waals surface area contributed by atoms with E-state index in [9.17, 15) is 21.9 Å². The summed E-state index contributed by atoms with van der Waals surface area (Å²) >= 11 is 0. The van der Waals surface area contributed by atoms with Gasteiger partial charge in [-0.2, -0.15) is 8.42 Å². The first-order valence-corrected chi connectivity index (χ1v) is 17.1. The topological polar surface area (TPSA) is 107 Å². The summed E-state index contributed by atoms with van der Waals surface area (Å²) in [4.78, 5) is 0. The molecule has 0 fully saturated rings. The number of aliphatic hydroxyl groups excluding tert-OH is 1. The van der Waals surface area contributed by atoms with E-state index in [1.54, 1.807) is 0 Å². The van der Waals surface area contributed by atoms with E-state index in [-0.39, 0.29) is 31.1 Å². The SMILES string of the molecule is CCCCCCCCCCCCCCCCCCOCC(O)CS(=O)(=O)CCCOS(C)(=O)=O. The molecule has 0 radical (unpaired) electrons. The number of hydrogen-bond acceptors (Lipinski definition) is 7. The molecule has 0 aliphatic heterocycles. The highest BCUT2D eigenvalue weighted by molar-refractivity contribution is 7.91. The first kappa shape index (κ1) is 33.8. The van der Waals surface area contributed by atoms with Gasteiger partial charge >= 0.3 is 0 Å². The largest absolute Gasteiger partial charge is 0.390 e. The summed E-state index contributed by atoms with van der Waals surface area (Å²) in [6.45, 7) is 2.61. The van der Waals surface area contributed by atoms with Crippen molar-refractivity contribution in [1.29, 1.82) is 0 Å². The quantitative estimate of drug-likeness (QED) is 0.118. The highest BCUT2D eigenvalue weighted by Crippen LogP contribution is 2.13. The van der Waals surface area contributed by atoms with Gasteiger partial charge in [-0.25, -0.2) is 8.42 Å². The minimum Gasteiger partial charge on any atom is -0.390 e. The standard InChI is InChI=1S/C25H52O7S2/c1-3-4-5-6-7-8-9-10-11-12-13-14-15-16-17-18-20-31-23-25(26)24-34(29,30)22-19-21-32-33(2,27)28/h25-26H,3-24H2,1-2H3. The third kappa shape index (κ3) is 26.4. The van der Waals surface area contributed by atoms with E-state index in [0.717, 1.165) is 19.1 Å². The van der Waals surface area contributed by atoms with Crippen LogP contribution in [0.4, 0.5) is 0 Å². The second kappa shape index (κ2) is 22.0. The molecule has 0 spiro atoms. The molecule has 0 aliphatic carbocycles. The monoisotopic (exact) mass is 528 g/mol. The maximum atomic E-state index is 11.9. The molecule has 1 N–H and O–H groups in total. The van der Waals surface area contributed by atoms with Gasteiger partial charge in [-0.3, -0.25) is 4.18 Å². The lowest BCUT2D eigenvalue weighted by Gasteiger charge is -2.12. The molecule has 0 aromatic rings. The second-order valence-corrected chi connectivity index (χ2v) is 13.4. The summed E-state index contributed by atoms with van der Waals surface area (Å²) in [5.41, 5.74) is 0. The molecule has 0 aromatic heterocycles. The molecule has 206 valence electrons. The van der Waals surface area contributed by atoms with Crippen LogP contribution in [0, 0.1) is 0 Å². The van der Waals surface area contributed by atoms with Crippen molar-refractivity contribution in [2.24, 2.45) is 0 Å². The Bertz CT molecular complexity index is 648. The molecule has 0 saturated heterocycles. The van der Waals surface area contributed by atoms with Crippen LogP contribution in [0.1, 0.15) is 116 Å². The van der Waals surface area contributed by atoms with Crippen LogP contribution in [-0.4, -0.2) is 65.6 Å². The molecular weight excluding hydrogens is 476 g/mol. The zero-order valence-electron chi connectivity index (χ0n) is 21.8. The van der Waals surface area contributed by atoms with Crippen molar-refractivity contribution in [1.82, 2.24) is 0 Å². The molecule has 7 nitrogen and oxygen atoms in total. The molecule has 1 atom stereocenters. The van der Waals surface area contributed by atoms with E-state index in [1.165, 1.54) is 89.9 Å². The fourth-order valence-electron chi connectivity index (χ4n) is 3.89. The molecular formula is C25H52O7S2. The predicted molar refractivity (Wildman–Crippen MR) is 140 cm³/mol. The van der Waals surface area contributed by atoms with E-state index in [2.05, 4.69) is 11.1 Å². The van der Waals surface area contributed by atoms with Gasteiger partial charge in [0.15, 0.2) is 9.84 Å². The average Bonchev–Trinajstić information content (AvgIpc) is 2.75. The Morgan fingerprint density at radius 3 is 1.53 bits per heavy atom. The predicted octanol–water partition coefficient (Wildman–Crippen LogP) is 5.41. The van der Waals surface area contributed by atoms with Crippen LogP contribution in [-0.2, 0) is 28.9 Å². The normalized spacial score (nSPS) is 13.4. The second-order valence-electron chi connectivity index (χ2n) is 9.53. The maximum absolute atomic E-state index is 11.9. The first-order valence-electron chi connectivity index (χ1n) is 13.5. The average molecular weight is 529 g/mol. The van der Waals surface area contributed by atoms with Gasteiger partial charge in [0.2, 0.25) is 0 Å². The number of ether oxygens (including phenoxy) is 1. The number of rotatable bonds is 26. The van der Waals surface area contributed by atoms with Gasteiger partial charge in [0.05, 0.1) is 37.1 Å². The molecule has 1 unspecified atom stereocenters. The van der Waals surface area contributed by atoms with Crippen LogP contribution in [0.15, 0.2) is 0 Å². The highest BCUT2D eigenvalue weighted by atomic mass is 32.2. The van der Waals surface area contributed by atoms with Crippen molar-refractivity contribution in [3.63, 3.8) is 0 Å². The summed E-state index contributed by atoms with van der Waals surface area (Å²) in [6.07, 6.45) is 20.8. The van der Waals surface area contributed by atoms with Crippen LogP contribution in [0.5, 0.6) is 0 Å². The van der Waals surface area contributed by atoms with Crippen molar-refractivity contribution >= 4 is 20.0 Å². The third-order valence-corrected chi connectivity index (χ3v) is 8.19. The lowest BCUT2D eigenvalue weighted by atomic mass is 10.0. The molecule has 34 heavy (non-hydrogen) atoms. The van der Waals surface area contributed by atoms with Gasteiger partial charge in [0.25, 0.3) is 10.1 Å². The molecule has 0 saturated carbocycles. The Morgan fingerprint density at radius 1 is 0.647 bits per heavy atom. The molecule has 0 amide bonds. The van der Waals surface area contributed by atoms with Gasteiger partial charge in [-0.15, -0.1) is 0 Å². The van der Waals surface area contributed by atoms with Gasteiger partial charge in [-0.1, -0.05) is 103 Å². The zero-order valence-corrected chi connectivity index (χ0v) is 23.5. The van der Waals surface area contributed by atoms with E-state index < -0.39 is 26.1 Å². The lowest BCUT2D eigenvalue weighted by molar-refractivity contribution is 0.0459. The summed E-state index contributed by atoms with van der Waals surface area (Å²) in [5.74, 6) is -0.608.